The quantitative estimate of drug-likeness (QED) is 0.478. The van der Waals surface area contributed by atoms with Crippen LogP contribution in [-0.4, -0.2) is 37.9 Å². The molecule has 1 fully saturated rings. The fourth-order valence-corrected chi connectivity index (χ4v) is 4.89. The Kier molecular flexibility index (Phi) is 7.14. The first-order chi connectivity index (χ1) is 17.1. The van der Waals surface area contributed by atoms with Gasteiger partial charge in [0.1, 0.15) is 17.5 Å². The lowest BCUT2D eigenvalue weighted by molar-refractivity contribution is -0.132. The minimum atomic E-state index is -2.95. The van der Waals surface area contributed by atoms with Crippen LogP contribution in [0.5, 0.6) is 0 Å². The summed E-state index contributed by atoms with van der Waals surface area (Å²) in [5, 5.41) is 3.62. The number of nitrogens with one attached hydrogen (secondary N) is 1. The van der Waals surface area contributed by atoms with Gasteiger partial charge >= 0.3 is 0 Å². The summed E-state index contributed by atoms with van der Waals surface area (Å²) in [5.74, 6) is -0.300. The van der Waals surface area contributed by atoms with E-state index in [1.165, 1.54) is 31.2 Å². The average Bonchev–Trinajstić information content (AvgIpc) is 2.81. The summed E-state index contributed by atoms with van der Waals surface area (Å²) in [5.41, 5.74) is -0.503. The van der Waals surface area contributed by atoms with Gasteiger partial charge in [0.2, 0.25) is 5.91 Å². The van der Waals surface area contributed by atoms with Crippen LogP contribution < -0.4 is 10.9 Å². The van der Waals surface area contributed by atoms with Crippen molar-refractivity contribution in [2.24, 2.45) is 0 Å². The first kappa shape index (κ1) is 25.4. The monoisotopic (exact) mass is 499 g/mol. The zero-order valence-electron chi connectivity index (χ0n) is 20.3. The van der Waals surface area contributed by atoms with Gasteiger partial charge < -0.3 is 14.8 Å². The van der Waals surface area contributed by atoms with Crippen LogP contribution in [0.25, 0.3) is 10.9 Å². The molecule has 2 aromatic heterocycles. The highest BCUT2D eigenvalue weighted by Gasteiger charge is 2.29. The molecule has 1 amide bonds. The van der Waals surface area contributed by atoms with Gasteiger partial charge in [0.15, 0.2) is 0 Å². The van der Waals surface area contributed by atoms with Crippen molar-refractivity contribution in [3.63, 3.8) is 0 Å². The molecule has 0 bridgehead atoms. The number of fused-ring (bicyclic) bond motifs is 1. The predicted molar refractivity (Wildman–Crippen MR) is 132 cm³/mol. The third-order valence-electron chi connectivity index (χ3n) is 6.67. The number of alkyl halides is 2. The molecule has 3 atom stereocenters. The topological polar surface area (TPSA) is 80.1 Å². The molecule has 1 aliphatic rings. The van der Waals surface area contributed by atoms with Crippen LogP contribution in [0, 0.1) is 12.7 Å². The predicted octanol–water partition coefficient (Wildman–Crippen LogP) is 5.09. The van der Waals surface area contributed by atoms with Crippen LogP contribution >= 0.6 is 0 Å². The van der Waals surface area contributed by atoms with Crippen molar-refractivity contribution in [2.45, 2.75) is 58.2 Å². The number of piperidine rings is 1. The van der Waals surface area contributed by atoms with Crippen LogP contribution in [-0.2, 0) is 4.79 Å². The van der Waals surface area contributed by atoms with Crippen molar-refractivity contribution >= 4 is 22.6 Å². The van der Waals surface area contributed by atoms with Crippen LogP contribution in [0.2, 0.25) is 0 Å². The second-order valence-corrected chi connectivity index (χ2v) is 9.09. The van der Waals surface area contributed by atoms with Crippen LogP contribution in [0.3, 0.4) is 0 Å². The van der Waals surface area contributed by atoms with E-state index in [9.17, 15) is 22.8 Å². The molecule has 7 nitrogen and oxygen atoms in total. The number of hydrogen-bond acceptors (Lipinski definition) is 5. The third kappa shape index (κ3) is 4.84. The number of pyridine rings is 1. The van der Waals surface area contributed by atoms with Gasteiger partial charge in [-0.3, -0.25) is 9.59 Å². The molecule has 3 aromatic rings. The smallest absolute Gasteiger partial charge is 0.266 e. The molecule has 0 radical (unpaired) electrons. The fourth-order valence-electron chi connectivity index (χ4n) is 4.89. The minimum absolute atomic E-state index is 0.000722. The Bertz CT molecular complexity index is 1370. The second kappa shape index (κ2) is 10.1. The largest absolute Gasteiger partial charge is 0.359 e. The maximum Gasteiger partial charge on any atom is 0.266 e. The maximum absolute atomic E-state index is 14.9. The zero-order valence-corrected chi connectivity index (χ0v) is 20.3. The Morgan fingerprint density at radius 1 is 1.28 bits per heavy atom. The van der Waals surface area contributed by atoms with Gasteiger partial charge in [0.25, 0.3) is 12.0 Å². The molecule has 1 N–H and O–H groups in total. The molecule has 1 aliphatic heterocycles. The molecule has 0 aliphatic carbocycles. The summed E-state index contributed by atoms with van der Waals surface area (Å²) >= 11 is 0. The van der Waals surface area contributed by atoms with E-state index in [0.717, 1.165) is 6.07 Å². The molecule has 10 heteroatoms. The Labute approximate surface area is 206 Å². The number of likely N-dealkylation sites (tertiary alicyclic amines) is 1. The molecule has 4 rings (SSSR count). The first-order valence-electron chi connectivity index (χ1n) is 11.7. The summed E-state index contributed by atoms with van der Waals surface area (Å²) in [6.45, 7) is 9.43. The third-order valence-corrected chi connectivity index (χ3v) is 6.67. The van der Waals surface area contributed by atoms with Gasteiger partial charge in [0, 0.05) is 43.4 Å². The van der Waals surface area contributed by atoms with Gasteiger partial charge in [0.05, 0.1) is 22.5 Å². The zero-order chi connectivity index (χ0) is 26.1. The first-order valence-corrected chi connectivity index (χ1v) is 11.7. The average molecular weight is 500 g/mol. The molecule has 190 valence electrons. The van der Waals surface area contributed by atoms with Crippen molar-refractivity contribution in [1.29, 1.82) is 0 Å². The van der Waals surface area contributed by atoms with Gasteiger partial charge in [-0.05, 0) is 26.7 Å². The number of anilines is 1. The summed E-state index contributed by atoms with van der Waals surface area (Å²) in [6, 6.07) is 4.25. The number of hydrogen-bond donors (Lipinski definition) is 1. The van der Waals surface area contributed by atoms with Crippen molar-refractivity contribution in [3.05, 3.63) is 76.2 Å². The van der Waals surface area contributed by atoms with E-state index < -0.39 is 23.8 Å². The molecule has 1 aromatic carbocycles. The number of nitrogens with zero attached hydrogens (tertiary/aromatic N) is 4. The lowest BCUT2D eigenvalue weighted by atomic mass is 9.97. The Balaban J connectivity index is 1.74. The fraction of sp³-hybridized carbons (Fsp3) is 0.385. The SMILES string of the molecule is C=C[C@@H](Nc1nc(C)nc2cc(=O)n(C3CCN(C(C)=O)[C@@H](C)C3)cc12)c1cccc(C(F)F)c1F. The minimum Gasteiger partial charge on any atom is -0.359 e. The number of aromatic nitrogens is 3. The lowest BCUT2D eigenvalue weighted by Crippen LogP contribution is -2.45. The summed E-state index contributed by atoms with van der Waals surface area (Å²) in [4.78, 5) is 35.5. The normalized spacial score (nSPS) is 18.9. The van der Waals surface area contributed by atoms with Gasteiger partial charge in [-0.1, -0.05) is 24.3 Å². The van der Waals surface area contributed by atoms with Crippen molar-refractivity contribution < 1.29 is 18.0 Å². The van der Waals surface area contributed by atoms with E-state index in [4.69, 9.17) is 0 Å². The van der Waals surface area contributed by atoms with Gasteiger partial charge in [-0.2, -0.15) is 0 Å². The van der Waals surface area contributed by atoms with E-state index >= 15 is 0 Å². The molecule has 1 saturated heterocycles. The number of amides is 1. The summed E-state index contributed by atoms with van der Waals surface area (Å²) in [6.07, 6.45) is 1.36. The highest BCUT2D eigenvalue weighted by molar-refractivity contribution is 5.88. The molecule has 0 saturated carbocycles. The van der Waals surface area contributed by atoms with E-state index in [0.29, 0.717) is 41.9 Å². The number of carbonyl (C=O) groups is 1. The maximum atomic E-state index is 14.9. The van der Waals surface area contributed by atoms with Crippen molar-refractivity contribution in [2.75, 3.05) is 11.9 Å². The van der Waals surface area contributed by atoms with Crippen LogP contribution in [0.15, 0.2) is 47.9 Å². The van der Waals surface area contributed by atoms with Crippen LogP contribution in [0.4, 0.5) is 19.0 Å². The second-order valence-electron chi connectivity index (χ2n) is 9.09. The molecule has 36 heavy (non-hydrogen) atoms. The van der Waals surface area contributed by atoms with Gasteiger partial charge in [-0.15, -0.1) is 6.58 Å². The van der Waals surface area contributed by atoms with Crippen molar-refractivity contribution in [3.8, 4) is 0 Å². The number of benzene rings is 1. The van der Waals surface area contributed by atoms with Crippen molar-refractivity contribution in [1.82, 2.24) is 19.4 Å². The van der Waals surface area contributed by atoms with E-state index in [1.807, 2.05) is 6.92 Å². The standard InChI is InChI=1S/C26H28F3N5O2/c1-5-21(18-7-6-8-19(24(18)27)25(28)29)32-26-20-13-34(23(36)12-22(20)30-15(3)31-26)17-9-10-33(16(4)35)14(2)11-17/h5-8,12-14,17,21,25H,1,9-11H2,2-4H3,(H,30,31,32)/t14-,17?,21+/m0/s1. The molecule has 1 unspecified atom stereocenters. The summed E-state index contributed by atoms with van der Waals surface area (Å²) in [7, 11) is 0. The van der Waals surface area contributed by atoms with E-state index in [1.54, 1.807) is 22.6 Å². The highest BCUT2D eigenvalue weighted by Crippen LogP contribution is 2.32. The molecule has 3 heterocycles. The molecular weight excluding hydrogens is 471 g/mol. The molecule has 0 spiro atoms. The lowest BCUT2D eigenvalue weighted by Gasteiger charge is -2.37. The summed E-state index contributed by atoms with van der Waals surface area (Å²) < 4.78 is 43.0. The van der Waals surface area contributed by atoms with Gasteiger partial charge in [-0.25, -0.2) is 23.1 Å². The Morgan fingerprint density at radius 3 is 2.64 bits per heavy atom. The Hall–Kier alpha value is -3.69. The van der Waals surface area contributed by atoms with E-state index in [-0.39, 0.29) is 29.1 Å². The number of aryl methyl sites for hydroxylation is 1. The van der Waals surface area contributed by atoms with E-state index in [2.05, 4.69) is 21.9 Å². The Morgan fingerprint density at radius 2 is 2.00 bits per heavy atom. The number of carbonyl (C=O) groups excluding carboxylic acids is 1. The number of rotatable bonds is 6. The highest BCUT2D eigenvalue weighted by atomic mass is 19.3. The molecular formula is C26H28F3N5O2. The van der Waals surface area contributed by atoms with Crippen LogP contribution in [0.1, 0.15) is 62.1 Å². The number of halogens is 3.